The molecule has 0 spiro atoms. The van der Waals surface area contributed by atoms with Crippen molar-refractivity contribution in [3.05, 3.63) is 71.4 Å². The molecule has 3 rings (SSSR count). The van der Waals surface area contributed by atoms with Crippen molar-refractivity contribution in [1.82, 2.24) is 5.32 Å². The Kier molecular flexibility index (Phi) is 7.70. The lowest BCUT2D eigenvalue weighted by Crippen LogP contribution is -2.41. The molecule has 0 atom stereocenters. The number of para-hydroxylation sites is 1. The Morgan fingerprint density at radius 1 is 1.06 bits per heavy atom. The van der Waals surface area contributed by atoms with Gasteiger partial charge in [0.25, 0.3) is 10.0 Å². The van der Waals surface area contributed by atoms with Crippen molar-refractivity contribution < 1.29 is 27.1 Å². The fourth-order valence-corrected chi connectivity index (χ4v) is 5.57. The lowest BCUT2D eigenvalue weighted by atomic mass is 10.1. The summed E-state index contributed by atoms with van der Waals surface area (Å²) in [6, 6.07) is 13.9. The van der Waals surface area contributed by atoms with Crippen LogP contribution in [-0.2, 0) is 21.2 Å². The Morgan fingerprint density at radius 2 is 1.81 bits per heavy atom. The van der Waals surface area contributed by atoms with Gasteiger partial charge in [0.05, 0.1) is 19.9 Å². The van der Waals surface area contributed by atoms with Crippen LogP contribution in [0, 0.1) is 5.82 Å². The molecule has 0 unspecified atom stereocenters. The summed E-state index contributed by atoms with van der Waals surface area (Å²) in [4.78, 5) is 12.6. The van der Waals surface area contributed by atoms with Crippen LogP contribution in [0.3, 0.4) is 0 Å². The molecule has 0 fully saturated rings. The normalized spacial score (nSPS) is 11.1. The zero-order valence-corrected chi connectivity index (χ0v) is 19.2. The van der Waals surface area contributed by atoms with E-state index in [0.717, 1.165) is 27.3 Å². The first kappa shape index (κ1) is 23.6. The summed E-state index contributed by atoms with van der Waals surface area (Å²) in [7, 11) is -1.02. The molecule has 0 aliphatic rings. The molecule has 170 valence electrons. The van der Waals surface area contributed by atoms with Crippen molar-refractivity contribution in [2.45, 2.75) is 10.6 Å². The molecular weight excluding hydrogens is 455 g/mol. The van der Waals surface area contributed by atoms with Crippen LogP contribution in [0.15, 0.2) is 64.2 Å². The lowest BCUT2D eigenvalue weighted by molar-refractivity contribution is -0.119. The highest BCUT2D eigenvalue weighted by molar-refractivity contribution is 7.94. The Bertz CT molecular complexity index is 1170. The minimum atomic E-state index is -4.10. The standard InChI is InChI=1S/C22H23FN2O5S2/c1-29-19-10-9-16(14-20(19)30-2)11-12-24-21(26)15-25(18-7-4-3-6-17(18)23)32(27,28)22-8-5-13-31-22/h3-10,13-14H,11-12,15H2,1-2H3,(H,24,26). The zero-order valence-electron chi connectivity index (χ0n) is 17.6. The number of benzene rings is 2. The van der Waals surface area contributed by atoms with Crippen LogP contribution in [0.2, 0.25) is 0 Å². The minimum Gasteiger partial charge on any atom is -0.493 e. The topological polar surface area (TPSA) is 84.9 Å². The summed E-state index contributed by atoms with van der Waals surface area (Å²) in [5, 5.41) is 4.30. The quantitative estimate of drug-likeness (QED) is 0.482. The van der Waals surface area contributed by atoms with E-state index in [1.807, 2.05) is 6.07 Å². The van der Waals surface area contributed by atoms with E-state index in [-0.39, 0.29) is 16.4 Å². The lowest BCUT2D eigenvalue weighted by Gasteiger charge is -2.23. The number of anilines is 1. The molecule has 0 saturated heterocycles. The largest absolute Gasteiger partial charge is 0.493 e. The second-order valence-corrected chi connectivity index (χ2v) is 9.72. The summed E-state index contributed by atoms with van der Waals surface area (Å²) in [5.41, 5.74) is 0.719. The third kappa shape index (κ3) is 5.38. The van der Waals surface area contributed by atoms with E-state index in [2.05, 4.69) is 5.32 Å². The Hall–Kier alpha value is -3.11. The van der Waals surface area contributed by atoms with Crippen molar-refractivity contribution >= 4 is 33.0 Å². The number of sulfonamides is 1. The van der Waals surface area contributed by atoms with Gasteiger partial charge in [-0.05, 0) is 47.7 Å². The summed E-state index contributed by atoms with van der Waals surface area (Å²) in [6.07, 6.45) is 0.490. The first-order valence-electron chi connectivity index (χ1n) is 9.65. The third-order valence-corrected chi connectivity index (χ3v) is 7.76. The average Bonchev–Trinajstić information content (AvgIpc) is 3.34. The third-order valence-electron chi connectivity index (χ3n) is 4.63. The SMILES string of the molecule is COc1ccc(CCNC(=O)CN(c2ccccc2F)S(=O)(=O)c2cccs2)cc1OC. The van der Waals surface area contributed by atoms with Crippen LogP contribution in [0.1, 0.15) is 5.56 Å². The van der Waals surface area contributed by atoms with Crippen molar-refractivity contribution in [1.29, 1.82) is 0 Å². The molecule has 0 aliphatic heterocycles. The number of nitrogens with one attached hydrogen (secondary N) is 1. The van der Waals surface area contributed by atoms with E-state index in [1.165, 1.54) is 31.4 Å². The van der Waals surface area contributed by atoms with E-state index in [1.54, 1.807) is 30.7 Å². The maximum atomic E-state index is 14.4. The highest BCUT2D eigenvalue weighted by Gasteiger charge is 2.29. The Balaban J connectivity index is 1.72. The number of rotatable bonds is 10. The number of carbonyl (C=O) groups excluding carboxylic acids is 1. The summed E-state index contributed by atoms with van der Waals surface area (Å²) >= 11 is 1.00. The minimum absolute atomic E-state index is 0.0267. The van der Waals surface area contributed by atoms with E-state index in [9.17, 15) is 17.6 Å². The van der Waals surface area contributed by atoms with Crippen LogP contribution in [0.25, 0.3) is 0 Å². The van der Waals surface area contributed by atoms with Gasteiger partial charge < -0.3 is 14.8 Å². The predicted octanol–water partition coefficient (Wildman–Crippen LogP) is 3.46. The molecule has 3 aromatic rings. The molecule has 1 aromatic heterocycles. The zero-order chi connectivity index (χ0) is 23.1. The van der Waals surface area contributed by atoms with Gasteiger partial charge in [-0.25, -0.2) is 12.8 Å². The van der Waals surface area contributed by atoms with Gasteiger partial charge in [-0.15, -0.1) is 11.3 Å². The van der Waals surface area contributed by atoms with Crippen LogP contribution < -0.4 is 19.1 Å². The molecular formula is C22H23FN2O5S2. The second kappa shape index (κ2) is 10.5. The van der Waals surface area contributed by atoms with Crippen molar-refractivity contribution in [3.8, 4) is 11.5 Å². The van der Waals surface area contributed by atoms with Crippen molar-refractivity contribution in [3.63, 3.8) is 0 Å². The molecule has 0 aliphatic carbocycles. The highest BCUT2D eigenvalue weighted by Crippen LogP contribution is 2.29. The number of halogens is 1. The van der Waals surface area contributed by atoms with Crippen LogP contribution in [-0.4, -0.2) is 41.6 Å². The second-order valence-electron chi connectivity index (χ2n) is 6.68. The van der Waals surface area contributed by atoms with Crippen LogP contribution in [0.4, 0.5) is 10.1 Å². The first-order valence-corrected chi connectivity index (χ1v) is 12.0. The fourth-order valence-electron chi connectivity index (χ4n) is 3.04. The van der Waals surface area contributed by atoms with Gasteiger partial charge in [-0.3, -0.25) is 9.10 Å². The van der Waals surface area contributed by atoms with Gasteiger partial charge in [0.1, 0.15) is 16.6 Å². The van der Waals surface area contributed by atoms with Gasteiger partial charge in [0.2, 0.25) is 5.91 Å². The number of carbonyl (C=O) groups is 1. The molecule has 32 heavy (non-hydrogen) atoms. The summed E-state index contributed by atoms with van der Waals surface area (Å²) < 4.78 is 51.8. The molecule has 2 aromatic carbocycles. The number of nitrogens with zero attached hydrogens (tertiary/aromatic N) is 1. The number of hydrogen-bond donors (Lipinski definition) is 1. The smallest absolute Gasteiger partial charge is 0.274 e. The first-order chi connectivity index (χ1) is 15.4. The molecule has 10 heteroatoms. The molecule has 1 heterocycles. The number of thiophene rings is 1. The van der Waals surface area contributed by atoms with E-state index < -0.39 is 28.3 Å². The number of methoxy groups -OCH3 is 2. The number of ether oxygens (including phenoxy) is 2. The molecule has 0 bridgehead atoms. The average molecular weight is 479 g/mol. The molecule has 0 radical (unpaired) electrons. The van der Waals surface area contributed by atoms with Crippen molar-refractivity contribution in [2.75, 3.05) is 31.6 Å². The van der Waals surface area contributed by atoms with Gasteiger partial charge >= 0.3 is 0 Å². The molecule has 1 amide bonds. The van der Waals surface area contributed by atoms with Gasteiger partial charge in [-0.1, -0.05) is 24.3 Å². The highest BCUT2D eigenvalue weighted by atomic mass is 32.2. The van der Waals surface area contributed by atoms with Crippen LogP contribution >= 0.6 is 11.3 Å². The molecule has 0 saturated carbocycles. The maximum absolute atomic E-state index is 14.4. The van der Waals surface area contributed by atoms with Gasteiger partial charge in [0.15, 0.2) is 11.5 Å². The fraction of sp³-hybridized carbons (Fsp3) is 0.227. The van der Waals surface area contributed by atoms with Gasteiger partial charge in [0, 0.05) is 6.54 Å². The summed E-state index contributed by atoms with van der Waals surface area (Å²) in [6.45, 7) is -0.286. The number of amides is 1. The van der Waals surface area contributed by atoms with E-state index in [4.69, 9.17) is 9.47 Å². The molecule has 1 N–H and O–H groups in total. The number of hydrogen-bond acceptors (Lipinski definition) is 6. The van der Waals surface area contributed by atoms with E-state index >= 15 is 0 Å². The monoisotopic (exact) mass is 478 g/mol. The van der Waals surface area contributed by atoms with Crippen LogP contribution in [0.5, 0.6) is 11.5 Å². The van der Waals surface area contributed by atoms with Crippen molar-refractivity contribution in [2.24, 2.45) is 0 Å². The summed E-state index contributed by atoms with van der Waals surface area (Å²) in [5.74, 6) is -0.108. The Labute approximate surface area is 190 Å². The maximum Gasteiger partial charge on any atom is 0.274 e. The Morgan fingerprint density at radius 3 is 2.47 bits per heavy atom. The van der Waals surface area contributed by atoms with Gasteiger partial charge in [-0.2, -0.15) is 0 Å². The van der Waals surface area contributed by atoms with E-state index in [0.29, 0.717) is 17.9 Å². The predicted molar refractivity (Wildman–Crippen MR) is 122 cm³/mol. The molecule has 7 nitrogen and oxygen atoms in total.